The van der Waals surface area contributed by atoms with Gasteiger partial charge in [0.15, 0.2) is 9.84 Å². The molecule has 0 spiro atoms. The topological polar surface area (TPSA) is 97.5 Å². The van der Waals surface area contributed by atoms with Gasteiger partial charge in [0, 0.05) is 25.4 Å². The average Bonchev–Trinajstić information content (AvgIpc) is 2.46. The summed E-state index contributed by atoms with van der Waals surface area (Å²) < 4.78 is 49.6. The number of nitrogens with two attached hydrogens (primary N) is 1. The summed E-state index contributed by atoms with van der Waals surface area (Å²) in [5, 5.41) is 0. The number of rotatable bonds is 4. The molecule has 2 N–H and O–H groups in total. The maximum Gasteiger partial charge on any atom is 0.243 e. The van der Waals surface area contributed by atoms with E-state index in [1.54, 1.807) is 0 Å². The molecule has 22 heavy (non-hydrogen) atoms. The Labute approximate surface area is 132 Å². The van der Waals surface area contributed by atoms with Crippen LogP contribution in [-0.2, 0) is 19.9 Å². The van der Waals surface area contributed by atoms with Gasteiger partial charge in [0.05, 0.1) is 9.79 Å². The van der Waals surface area contributed by atoms with Crippen LogP contribution in [0, 0.1) is 5.92 Å². The molecule has 2 unspecified atom stereocenters. The van der Waals surface area contributed by atoms with Gasteiger partial charge in [0.2, 0.25) is 10.0 Å². The summed E-state index contributed by atoms with van der Waals surface area (Å²) >= 11 is 0. The first-order chi connectivity index (χ1) is 10.1. The molecule has 0 radical (unpaired) electrons. The Hall–Kier alpha value is -0.960. The molecule has 2 atom stereocenters. The summed E-state index contributed by atoms with van der Waals surface area (Å²) in [5.74, 6) is 0.152. The van der Waals surface area contributed by atoms with E-state index in [1.165, 1.54) is 28.6 Å². The first-order valence-corrected chi connectivity index (χ1v) is 10.5. The van der Waals surface area contributed by atoms with Crippen LogP contribution in [-0.4, -0.2) is 46.5 Å². The lowest BCUT2D eigenvalue weighted by molar-refractivity contribution is 0.243. The Morgan fingerprint density at radius 3 is 2.18 bits per heavy atom. The molecule has 1 aromatic rings. The van der Waals surface area contributed by atoms with Gasteiger partial charge in [-0.15, -0.1) is 0 Å². The van der Waals surface area contributed by atoms with Crippen LogP contribution in [0.25, 0.3) is 0 Å². The number of sulfone groups is 1. The summed E-state index contributed by atoms with van der Waals surface area (Å²) in [7, 11) is -6.94. The van der Waals surface area contributed by atoms with Crippen molar-refractivity contribution in [2.45, 2.75) is 35.6 Å². The molecule has 124 valence electrons. The smallest absolute Gasteiger partial charge is 0.243 e. The highest BCUT2D eigenvalue weighted by molar-refractivity contribution is 7.90. The number of benzene rings is 1. The second kappa shape index (κ2) is 6.27. The number of hydrogen-bond donors (Lipinski definition) is 1. The van der Waals surface area contributed by atoms with Gasteiger partial charge in [-0.05, 0) is 49.9 Å². The molecule has 0 aromatic heterocycles. The fourth-order valence-corrected chi connectivity index (χ4v) is 4.80. The fraction of sp³-hybridized carbons (Fsp3) is 0.571. The lowest BCUT2D eigenvalue weighted by Crippen LogP contribution is -2.44. The van der Waals surface area contributed by atoms with E-state index >= 15 is 0 Å². The van der Waals surface area contributed by atoms with Crippen LogP contribution >= 0.6 is 0 Å². The van der Waals surface area contributed by atoms with E-state index < -0.39 is 19.9 Å². The van der Waals surface area contributed by atoms with E-state index in [-0.39, 0.29) is 21.8 Å². The minimum atomic E-state index is -3.61. The lowest BCUT2D eigenvalue weighted by atomic mass is 9.93. The Kier molecular flexibility index (Phi) is 4.96. The third kappa shape index (κ3) is 3.68. The molecule has 8 heteroatoms. The zero-order valence-corrected chi connectivity index (χ0v) is 14.4. The molecule has 1 fully saturated rings. The van der Waals surface area contributed by atoms with Gasteiger partial charge in [-0.1, -0.05) is 0 Å². The van der Waals surface area contributed by atoms with Crippen molar-refractivity contribution in [2.75, 3.05) is 19.3 Å². The van der Waals surface area contributed by atoms with Crippen molar-refractivity contribution in [3.05, 3.63) is 24.3 Å². The Balaban J connectivity index is 2.26. The minimum Gasteiger partial charge on any atom is -0.328 e. The molecule has 1 aliphatic heterocycles. The van der Waals surface area contributed by atoms with Crippen LogP contribution in [0.4, 0.5) is 0 Å². The van der Waals surface area contributed by atoms with Crippen molar-refractivity contribution in [2.24, 2.45) is 11.7 Å². The highest BCUT2D eigenvalue weighted by atomic mass is 32.2. The van der Waals surface area contributed by atoms with E-state index in [1.807, 2.05) is 6.92 Å². The van der Waals surface area contributed by atoms with Crippen molar-refractivity contribution in [3.8, 4) is 0 Å². The number of hydrogen-bond acceptors (Lipinski definition) is 5. The molecular formula is C14H22N2O4S2. The van der Waals surface area contributed by atoms with Gasteiger partial charge in [-0.3, -0.25) is 0 Å². The maximum absolute atomic E-state index is 12.7. The molecule has 1 heterocycles. The van der Waals surface area contributed by atoms with Crippen molar-refractivity contribution in [3.63, 3.8) is 0 Å². The van der Waals surface area contributed by atoms with Crippen molar-refractivity contribution >= 4 is 19.9 Å². The summed E-state index contributed by atoms with van der Waals surface area (Å²) in [5.41, 5.74) is 5.89. The molecule has 0 aliphatic carbocycles. The largest absolute Gasteiger partial charge is 0.328 e. The molecule has 1 aliphatic rings. The van der Waals surface area contributed by atoms with Gasteiger partial charge >= 0.3 is 0 Å². The van der Waals surface area contributed by atoms with Crippen LogP contribution in [0.15, 0.2) is 34.1 Å². The highest BCUT2D eigenvalue weighted by Crippen LogP contribution is 2.25. The van der Waals surface area contributed by atoms with Crippen LogP contribution < -0.4 is 5.73 Å². The van der Waals surface area contributed by atoms with E-state index in [0.717, 1.165) is 19.1 Å². The molecule has 0 saturated carbocycles. The summed E-state index contributed by atoms with van der Waals surface area (Å²) in [6.45, 7) is 2.77. The third-order valence-corrected chi connectivity index (χ3v) is 7.06. The average molecular weight is 346 g/mol. The van der Waals surface area contributed by atoms with Gasteiger partial charge in [-0.25, -0.2) is 16.8 Å². The predicted octanol–water partition coefficient (Wildman–Crippen LogP) is 0.838. The summed E-state index contributed by atoms with van der Waals surface area (Å²) in [4.78, 5) is 0.226. The van der Waals surface area contributed by atoms with E-state index in [2.05, 4.69) is 0 Å². The minimum absolute atomic E-state index is 0.0504. The molecule has 0 amide bonds. The van der Waals surface area contributed by atoms with E-state index in [9.17, 15) is 16.8 Å². The summed E-state index contributed by atoms with van der Waals surface area (Å²) in [6.07, 6.45) is 2.80. The van der Waals surface area contributed by atoms with Gasteiger partial charge in [-0.2, -0.15) is 4.31 Å². The first-order valence-electron chi connectivity index (χ1n) is 7.18. The van der Waals surface area contributed by atoms with E-state index in [0.29, 0.717) is 13.1 Å². The van der Waals surface area contributed by atoms with Crippen LogP contribution in [0.2, 0.25) is 0 Å². The van der Waals surface area contributed by atoms with Crippen LogP contribution in [0.5, 0.6) is 0 Å². The Morgan fingerprint density at radius 2 is 1.68 bits per heavy atom. The zero-order valence-electron chi connectivity index (χ0n) is 12.8. The quantitative estimate of drug-likeness (QED) is 0.871. The van der Waals surface area contributed by atoms with E-state index in [4.69, 9.17) is 5.73 Å². The Morgan fingerprint density at radius 1 is 1.14 bits per heavy atom. The fourth-order valence-electron chi connectivity index (χ4n) is 2.63. The number of piperidine rings is 1. The van der Waals surface area contributed by atoms with Gasteiger partial charge in [0.1, 0.15) is 0 Å². The Bertz CT molecular complexity index is 725. The molecule has 1 aromatic carbocycles. The first kappa shape index (κ1) is 17.4. The molecular weight excluding hydrogens is 324 g/mol. The van der Waals surface area contributed by atoms with Gasteiger partial charge in [0.25, 0.3) is 0 Å². The monoisotopic (exact) mass is 346 g/mol. The number of sulfonamides is 1. The third-order valence-electron chi connectivity index (χ3n) is 4.05. The maximum atomic E-state index is 12.7. The predicted molar refractivity (Wildman–Crippen MR) is 84.7 cm³/mol. The van der Waals surface area contributed by atoms with Crippen LogP contribution in [0.1, 0.15) is 19.8 Å². The zero-order chi connectivity index (χ0) is 16.5. The molecule has 1 saturated heterocycles. The van der Waals surface area contributed by atoms with Crippen molar-refractivity contribution in [1.29, 1.82) is 0 Å². The molecule has 0 bridgehead atoms. The highest BCUT2D eigenvalue weighted by Gasteiger charge is 2.31. The lowest BCUT2D eigenvalue weighted by Gasteiger charge is -2.33. The SMILES string of the molecule is CC(N)C1CCCN(S(=O)(=O)c2ccc(S(C)(=O)=O)cc2)C1. The molecule has 2 rings (SSSR count). The van der Waals surface area contributed by atoms with Crippen molar-refractivity contribution < 1.29 is 16.8 Å². The molecule has 6 nitrogen and oxygen atoms in total. The van der Waals surface area contributed by atoms with Crippen molar-refractivity contribution in [1.82, 2.24) is 4.31 Å². The standard InChI is InChI=1S/C14H22N2O4S2/c1-11(15)12-4-3-9-16(10-12)22(19,20)14-7-5-13(6-8-14)21(2,17)18/h5-8,11-12H,3-4,9-10,15H2,1-2H3. The van der Waals surface area contributed by atoms with Gasteiger partial charge < -0.3 is 5.73 Å². The number of nitrogens with zero attached hydrogens (tertiary/aromatic N) is 1. The second-order valence-corrected chi connectivity index (χ2v) is 9.82. The summed E-state index contributed by atoms with van der Waals surface area (Å²) in [6, 6.07) is 5.30. The second-order valence-electron chi connectivity index (χ2n) is 5.87. The van der Waals surface area contributed by atoms with Crippen LogP contribution in [0.3, 0.4) is 0 Å². The normalized spacial score (nSPS) is 22.4.